The van der Waals surface area contributed by atoms with Crippen LogP contribution in [0.5, 0.6) is 0 Å². The number of hydrazone groups is 1. The lowest BCUT2D eigenvalue weighted by Crippen LogP contribution is -2.36. The van der Waals surface area contributed by atoms with Gasteiger partial charge in [-0.25, -0.2) is 0 Å². The van der Waals surface area contributed by atoms with Crippen molar-refractivity contribution in [3.8, 4) is 0 Å². The molecule has 2 aromatic rings. The molecule has 24 heavy (non-hydrogen) atoms. The summed E-state index contributed by atoms with van der Waals surface area (Å²) in [6.45, 7) is 6.05. The monoisotopic (exact) mass is 339 g/mol. The van der Waals surface area contributed by atoms with E-state index in [9.17, 15) is 4.79 Å². The number of carbonyl (C=O) groups excluding carboxylic acids is 1. The van der Waals surface area contributed by atoms with Crippen molar-refractivity contribution in [3.63, 3.8) is 0 Å². The Balaban J connectivity index is 1.63. The average Bonchev–Trinajstić information content (AvgIpc) is 2.93. The van der Waals surface area contributed by atoms with Crippen LogP contribution in [0.4, 0.5) is 5.69 Å². The highest BCUT2D eigenvalue weighted by atomic mass is 32.2. The summed E-state index contributed by atoms with van der Waals surface area (Å²) in [6.07, 6.45) is 0.338. The molecule has 0 fully saturated rings. The van der Waals surface area contributed by atoms with Gasteiger partial charge in [-0.15, -0.1) is 0 Å². The fourth-order valence-corrected chi connectivity index (χ4v) is 3.73. The van der Waals surface area contributed by atoms with Crippen LogP contribution in [-0.4, -0.2) is 15.8 Å². The first-order chi connectivity index (χ1) is 11.5. The lowest BCUT2D eigenvalue weighted by atomic mass is 10.1. The number of thioether (sulfide) groups is 1. The third-order valence-electron chi connectivity index (χ3n) is 3.89. The molecule has 1 aliphatic heterocycles. The Kier molecular flexibility index (Phi) is 4.62. The van der Waals surface area contributed by atoms with E-state index >= 15 is 0 Å². The SMILES string of the molecule is Cc1ccc(NC(=O)C[C@@]2(C)NN=C(c3ccccc3)S2)c(C)c1. The normalized spacial score (nSPS) is 19.5. The molecule has 2 N–H and O–H groups in total. The average molecular weight is 339 g/mol. The first-order valence-corrected chi connectivity index (χ1v) is 8.73. The molecule has 0 saturated heterocycles. The summed E-state index contributed by atoms with van der Waals surface area (Å²) < 4.78 is 0. The van der Waals surface area contributed by atoms with E-state index in [1.54, 1.807) is 11.8 Å². The number of benzene rings is 2. The van der Waals surface area contributed by atoms with E-state index in [0.717, 1.165) is 21.9 Å². The summed E-state index contributed by atoms with van der Waals surface area (Å²) in [4.78, 5) is 12.0. The smallest absolute Gasteiger partial charge is 0.227 e. The summed E-state index contributed by atoms with van der Waals surface area (Å²) >= 11 is 1.59. The minimum Gasteiger partial charge on any atom is -0.326 e. The molecule has 0 unspecified atom stereocenters. The summed E-state index contributed by atoms with van der Waals surface area (Å²) in [7, 11) is 0. The maximum atomic E-state index is 12.4. The zero-order chi connectivity index (χ0) is 17.2. The van der Waals surface area contributed by atoms with Crippen LogP contribution in [0.3, 0.4) is 0 Å². The third-order valence-corrected chi connectivity index (χ3v) is 5.10. The third kappa shape index (κ3) is 3.79. The standard InChI is InChI=1S/C19H21N3OS/c1-13-9-10-16(14(2)11-13)20-17(23)12-19(3)22-21-18(24-19)15-7-5-4-6-8-15/h4-11,22H,12H2,1-3H3,(H,20,23)/t19-/m0/s1. The van der Waals surface area contributed by atoms with Gasteiger partial charge < -0.3 is 5.32 Å². The van der Waals surface area contributed by atoms with Crippen LogP contribution < -0.4 is 10.7 Å². The molecule has 0 saturated carbocycles. The first-order valence-electron chi connectivity index (χ1n) is 7.92. The molecule has 0 bridgehead atoms. The second-order valence-electron chi connectivity index (χ2n) is 6.27. The molecule has 0 spiro atoms. The number of amides is 1. The van der Waals surface area contributed by atoms with Crippen molar-refractivity contribution in [1.82, 2.24) is 5.43 Å². The van der Waals surface area contributed by atoms with Gasteiger partial charge >= 0.3 is 0 Å². The molecule has 4 nitrogen and oxygen atoms in total. The molecule has 0 radical (unpaired) electrons. The minimum absolute atomic E-state index is 0.0195. The minimum atomic E-state index is -0.437. The number of nitrogens with one attached hydrogen (secondary N) is 2. The highest BCUT2D eigenvalue weighted by Crippen LogP contribution is 2.34. The van der Waals surface area contributed by atoms with Crippen LogP contribution in [-0.2, 0) is 4.79 Å². The van der Waals surface area contributed by atoms with Crippen LogP contribution in [0.1, 0.15) is 30.0 Å². The van der Waals surface area contributed by atoms with Crippen LogP contribution >= 0.6 is 11.8 Å². The predicted octanol–water partition coefficient (Wildman–Crippen LogP) is 4.05. The predicted molar refractivity (Wildman–Crippen MR) is 101 cm³/mol. The Bertz CT molecular complexity index is 788. The van der Waals surface area contributed by atoms with Gasteiger partial charge in [0.1, 0.15) is 9.91 Å². The van der Waals surface area contributed by atoms with E-state index in [1.165, 1.54) is 5.56 Å². The zero-order valence-electron chi connectivity index (χ0n) is 14.1. The molecule has 1 heterocycles. The Labute approximate surface area is 146 Å². The zero-order valence-corrected chi connectivity index (χ0v) is 14.9. The van der Waals surface area contributed by atoms with E-state index in [1.807, 2.05) is 63.2 Å². The summed E-state index contributed by atoms with van der Waals surface area (Å²) in [5.41, 5.74) is 7.30. The number of hydrogen-bond donors (Lipinski definition) is 2. The van der Waals surface area contributed by atoms with E-state index in [2.05, 4.69) is 21.9 Å². The second kappa shape index (κ2) is 6.69. The van der Waals surface area contributed by atoms with Gasteiger partial charge in [-0.1, -0.05) is 59.8 Å². The number of anilines is 1. The van der Waals surface area contributed by atoms with E-state index < -0.39 is 4.87 Å². The van der Waals surface area contributed by atoms with E-state index in [4.69, 9.17) is 0 Å². The fourth-order valence-electron chi connectivity index (χ4n) is 2.66. The molecule has 124 valence electrons. The Morgan fingerprint density at radius 2 is 1.96 bits per heavy atom. The molecular formula is C19H21N3OS. The van der Waals surface area contributed by atoms with Gasteiger partial charge in [0.05, 0.1) is 6.42 Å². The van der Waals surface area contributed by atoms with Crippen molar-refractivity contribution in [2.24, 2.45) is 5.10 Å². The summed E-state index contributed by atoms with van der Waals surface area (Å²) in [6, 6.07) is 16.0. The van der Waals surface area contributed by atoms with Gasteiger partial charge in [-0.05, 0) is 32.4 Å². The van der Waals surface area contributed by atoms with Crippen molar-refractivity contribution in [3.05, 3.63) is 65.2 Å². The lowest BCUT2D eigenvalue weighted by Gasteiger charge is -2.22. The van der Waals surface area contributed by atoms with Gasteiger partial charge in [-0.2, -0.15) is 5.10 Å². The molecule has 1 atom stereocenters. The molecule has 2 aromatic carbocycles. The van der Waals surface area contributed by atoms with Gasteiger partial charge in [-0.3, -0.25) is 10.2 Å². The molecule has 1 amide bonds. The highest BCUT2D eigenvalue weighted by molar-refractivity contribution is 8.15. The fraction of sp³-hybridized carbons (Fsp3) is 0.263. The van der Waals surface area contributed by atoms with Crippen LogP contribution in [0.2, 0.25) is 0 Å². The second-order valence-corrected chi connectivity index (χ2v) is 7.76. The van der Waals surface area contributed by atoms with Gasteiger partial charge in [0.15, 0.2) is 0 Å². The van der Waals surface area contributed by atoms with Gasteiger partial charge in [0.2, 0.25) is 5.91 Å². The summed E-state index contributed by atoms with van der Waals surface area (Å²) in [5, 5.41) is 8.31. The van der Waals surface area contributed by atoms with Crippen LogP contribution in [0, 0.1) is 13.8 Å². The van der Waals surface area contributed by atoms with E-state index in [-0.39, 0.29) is 5.91 Å². The quantitative estimate of drug-likeness (QED) is 0.884. The highest BCUT2D eigenvalue weighted by Gasteiger charge is 2.35. The van der Waals surface area contributed by atoms with Crippen molar-refractivity contribution in [2.45, 2.75) is 32.1 Å². The number of rotatable bonds is 4. The van der Waals surface area contributed by atoms with Crippen molar-refractivity contribution < 1.29 is 4.79 Å². The molecule has 1 aliphatic rings. The maximum Gasteiger partial charge on any atom is 0.227 e. The van der Waals surface area contributed by atoms with Crippen LogP contribution in [0.15, 0.2) is 53.6 Å². The Hall–Kier alpha value is -2.27. The molecule has 0 aromatic heterocycles. The molecule has 0 aliphatic carbocycles. The number of carbonyl (C=O) groups is 1. The van der Waals surface area contributed by atoms with Crippen molar-refractivity contribution in [1.29, 1.82) is 0 Å². The Morgan fingerprint density at radius 3 is 2.67 bits per heavy atom. The largest absolute Gasteiger partial charge is 0.326 e. The number of hydrogen-bond acceptors (Lipinski definition) is 4. The molecular weight excluding hydrogens is 318 g/mol. The van der Waals surface area contributed by atoms with Gasteiger partial charge in [0.25, 0.3) is 0 Å². The van der Waals surface area contributed by atoms with Crippen molar-refractivity contribution >= 4 is 28.4 Å². The number of aryl methyl sites for hydroxylation is 2. The Morgan fingerprint density at radius 1 is 1.21 bits per heavy atom. The number of nitrogens with zero attached hydrogens (tertiary/aromatic N) is 1. The van der Waals surface area contributed by atoms with Gasteiger partial charge in [0, 0.05) is 11.3 Å². The molecule has 3 rings (SSSR count). The van der Waals surface area contributed by atoms with E-state index in [0.29, 0.717) is 6.42 Å². The molecule has 5 heteroatoms. The first kappa shape index (κ1) is 16.6. The topological polar surface area (TPSA) is 53.5 Å². The van der Waals surface area contributed by atoms with Crippen LogP contribution in [0.25, 0.3) is 0 Å². The maximum absolute atomic E-state index is 12.4. The lowest BCUT2D eigenvalue weighted by molar-refractivity contribution is -0.116. The summed E-state index contributed by atoms with van der Waals surface area (Å²) in [5.74, 6) is -0.0195. The van der Waals surface area contributed by atoms with Crippen molar-refractivity contribution in [2.75, 3.05) is 5.32 Å².